The van der Waals surface area contributed by atoms with Gasteiger partial charge in [-0.1, -0.05) is 279 Å². The Morgan fingerprint density at radius 3 is 0.837 bits per heavy atom. The lowest BCUT2D eigenvalue weighted by molar-refractivity contribution is 1.08. The molecular formula is C90H54N6S2. The van der Waals surface area contributed by atoms with Gasteiger partial charge < -0.3 is 0 Å². The second-order valence-electron chi connectivity index (χ2n) is 24.4. The SMILES string of the molecule is [2H]c1c([2H])c([2H])c(-c2nc(-c3ccccc3)nc(-c3cccc4sc5ccc(-c6ccc7c8ccccc8c8ccccc8c7c6)cc5c34)n2)c([2H])c1[2H].c1ccc(-c2nc(-c3ccccc3)nc(-c3cccc4sc5ccc(-c6ccc7c8ccccc8c8ccccc8c7c6)cc5c34)n2)cc1. The van der Waals surface area contributed by atoms with Crippen molar-refractivity contribution in [2.75, 3.05) is 0 Å². The molecule has 0 bridgehead atoms. The molecule has 0 aliphatic heterocycles. The number of benzene rings is 16. The summed E-state index contributed by atoms with van der Waals surface area (Å²) in [5.41, 5.74) is 8.92. The number of fused-ring (bicyclic) bond motifs is 18. The van der Waals surface area contributed by atoms with Crippen molar-refractivity contribution in [2.45, 2.75) is 0 Å². The van der Waals surface area contributed by atoms with E-state index in [0.717, 1.165) is 59.1 Å². The van der Waals surface area contributed by atoms with Gasteiger partial charge in [-0.2, -0.15) is 0 Å². The number of aromatic nitrogens is 6. The van der Waals surface area contributed by atoms with Crippen molar-refractivity contribution >= 4 is 128 Å². The van der Waals surface area contributed by atoms with Crippen molar-refractivity contribution in [2.24, 2.45) is 0 Å². The quantitative estimate of drug-likeness (QED) is 0.141. The van der Waals surface area contributed by atoms with Crippen LogP contribution >= 0.6 is 22.7 Å². The summed E-state index contributed by atoms with van der Waals surface area (Å²) in [6.07, 6.45) is 0. The molecule has 98 heavy (non-hydrogen) atoms. The molecule has 0 amide bonds. The molecule has 20 rings (SSSR count). The fraction of sp³-hybridized carbons (Fsp3) is 0. The maximum atomic E-state index is 8.71. The first-order valence-electron chi connectivity index (χ1n) is 35.0. The van der Waals surface area contributed by atoms with Crippen LogP contribution in [-0.2, 0) is 0 Å². The number of hydrogen-bond acceptors (Lipinski definition) is 8. The van der Waals surface area contributed by atoms with E-state index in [2.05, 4.69) is 218 Å². The van der Waals surface area contributed by atoms with Gasteiger partial charge in [-0.25, -0.2) is 29.9 Å². The molecule has 6 nitrogen and oxygen atoms in total. The van der Waals surface area contributed by atoms with Gasteiger partial charge in [0, 0.05) is 73.7 Å². The summed E-state index contributed by atoms with van der Waals surface area (Å²) in [6, 6.07) is 102. The Labute approximate surface area is 578 Å². The molecule has 0 radical (unpaired) electrons. The zero-order valence-corrected chi connectivity index (χ0v) is 53.9. The lowest BCUT2D eigenvalue weighted by atomic mass is 9.92. The lowest BCUT2D eigenvalue weighted by Gasteiger charge is -2.12. The van der Waals surface area contributed by atoms with E-state index in [4.69, 9.17) is 36.8 Å². The largest absolute Gasteiger partial charge is 0.208 e. The third kappa shape index (κ3) is 9.92. The van der Waals surface area contributed by atoms with Crippen molar-refractivity contribution in [1.82, 2.24) is 29.9 Å². The minimum Gasteiger partial charge on any atom is -0.208 e. The summed E-state index contributed by atoms with van der Waals surface area (Å²) in [4.78, 5) is 29.6. The van der Waals surface area contributed by atoms with Gasteiger partial charge in [0.1, 0.15) is 0 Å². The van der Waals surface area contributed by atoms with Gasteiger partial charge in [0.15, 0.2) is 34.9 Å². The van der Waals surface area contributed by atoms with Gasteiger partial charge in [-0.3, -0.25) is 0 Å². The third-order valence-electron chi connectivity index (χ3n) is 18.7. The fourth-order valence-electron chi connectivity index (χ4n) is 14.2. The van der Waals surface area contributed by atoms with E-state index in [1.54, 1.807) is 11.3 Å². The van der Waals surface area contributed by atoms with E-state index in [-0.39, 0.29) is 23.5 Å². The first kappa shape index (κ1) is 51.9. The van der Waals surface area contributed by atoms with E-state index in [1.165, 1.54) is 95.9 Å². The Kier molecular flexibility index (Phi) is 12.6. The molecule has 20 aromatic rings. The molecule has 0 saturated carbocycles. The van der Waals surface area contributed by atoms with Crippen molar-refractivity contribution in [3.05, 3.63) is 327 Å². The molecule has 0 spiro atoms. The van der Waals surface area contributed by atoms with E-state index in [1.807, 2.05) is 90.2 Å². The van der Waals surface area contributed by atoms with Crippen LogP contribution in [0.15, 0.2) is 327 Å². The predicted octanol–water partition coefficient (Wildman–Crippen LogP) is 24.7. The van der Waals surface area contributed by atoms with Crippen LogP contribution in [0.2, 0.25) is 0 Å². The average molecular weight is 1290 g/mol. The maximum Gasteiger partial charge on any atom is 0.164 e. The minimum atomic E-state index is -0.468. The van der Waals surface area contributed by atoms with Crippen molar-refractivity contribution < 1.29 is 6.85 Å². The van der Waals surface area contributed by atoms with Crippen molar-refractivity contribution in [1.29, 1.82) is 0 Å². The third-order valence-corrected chi connectivity index (χ3v) is 21.0. The molecule has 0 atom stereocenters. The summed E-state index contributed by atoms with van der Waals surface area (Å²) in [5.74, 6) is 2.72. The highest BCUT2D eigenvalue weighted by Crippen LogP contribution is 2.46. The Balaban J connectivity index is 0.000000143. The summed E-state index contributed by atoms with van der Waals surface area (Å²) in [6.45, 7) is 0. The Morgan fingerprint density at radius 1 is 0.194 bits per heavy atom. The Morgan fingerprint density at radius 2 is 0.480 bits per heavy atom. The van der Waals surface area contributed by atoms with Crippen LogP contribution in [-0.4, -0.2) is 29.9 Å². The van der Waals surface area contributed by atoms with E-state index < -0.39 is 18.1 Å². The molecule has 4 aromatic heterocycles. The van der Waals surface area contributed by atoms with Crippen LogP contribution in [0.3, 0.4) is 0 Å². The van der Waals surface area contributed by atoms with Gasteiger partial charge in [0.2, 0.25) is 0 Å². The van der Waals surface area contributed by atoms with Gasteiger partial charge in [0.25, 0.3) is 0 Å². The van der Waals surface area contributed by atoms with Gasteiger partial charge >= 0.3 is 0 Å². The molecule has 0 saturated heterocycles. The normalized spacial score (nSPS) is 12.4. The standard InChI is InChI=1S/2C45H27N3S/c2*1-3-12-28(13-4-1)43-46-44(29-14-5-2-6-15-29)48-45(47-43)37-20-11-21-41-42(37)39-27-31(23-25-40(39)49-41)30-22-24-36-34-18-8-7-16-32(34)33-17-9-10-19-35(33)38(36)26-30/h2*1-27H/i1D,3D,4D,12D,13D;. The van der Waals surface area contributed by atoms with Crippen molar-refractivity contribution in [3.63, 3.8) is 0 Å². The minimum absolute atomic E-state index is 0.0176. The molecule has 456 valence electrons. The second kappa shape index (κ2) is 23.8. The first-order valence-corrected chi connectivity index (χ1v) is 34.1. The lowest BCUT2D eigenvalue weighted by Crippen LogP contribution is -2.00. The van der Waals surface area contributed by atoms with Crippen LogP contribution < -0.4 is 0 Å². The number of hydrogen-bond donors (Lipinski definition) is 0. The van der Waals surface area contributed by atoms with Crippen molar-refractivity contribution in [3.8, 4) is 90.6 Å². The maximum absolute atomic E-state index is 8.71. The highest BCUT2D eigenvalue weighted by Gasteiger charge is 2.21. The highest BCUT2D eigenvalue weighted by molar-refractivity contribution is 7.26. The Hall–Kier alpha value is -12.5. The molecule has 16 aromatic carbocycles. The van der Waals surface area contributed by atoms with Crippen LogP contribution in [0.1, 0.15) is 6.85 Å². The fourth-order valence-corrected chi connectivity index (χ4v) is 16.4. The van der Waals surface area contributed by atoms with Crippen LogP contribution in [0.4, 0.5) is 0 Å². The average Bonchev–Trinajstić information content (AvgIpc) is 1.73. The smallest absolute Gasteiger partial charge is 0.164 e. The molecule has 0 aliphatic carbocycles. The van der Waals surface area contributed by atoms with Gasteiger partial charge in [-0.05, 0) is 135 Å². The summed E-state index contributed by atoms with van der Waals surface area (Å²) >= 11 is 3.50. The summed E-state index contributed by atoms with van der Waals surface area (Å²) < 4.78 is 46.8. The molecule has 0 unspecified atom stereocenters. The first-order chi connectivity index (χ1) is 50.6. The van der Waals surface area contributed by atoms with E-state index in [9.17, 15) is 0 Å². The monoisotopic (exact) mass is 1290 g/mol. The zero-order valence-electron chi connectivity index (χ0n) is 57.3. The molecular weight excluding hydrogens is 1230 g/mol. The topological polar surface area (TPSA) is 77.3 Å². The molecule has 0 N–H and O–H groups in total. The molecule has 4 heterocycles. The zero-order chi connectivity index (χ0) is 69.0. The van der Waals surface area contributed by atoms with Gasteiger partial charge in [-0.15, -0.1) is 22.7 Å². The number of rotatable bonds is 8. The molecule has 0 aliphatic rings. The van der Waals surface area contributed by atoms with Gasteiger partial charge in [0.05, 0.1) is 6.85 Å². The summed E-state index contributed by atoms with van der Waals surface area (Å²) in [7, 11) is 0. The van der Waals surface area contributed by atoms with Crippen LogP contribution in [0.25, 0.3) is 196 Å². The van der Waals surface area contributed by atoms with Crippen LogP contribution in [0.5, 0.6) is 0 Å². The molecule has 0 fully saturated rings. The number of nitrogens with zero attached hydrogens (tertiary/aromatic N) is 6. The Bertz CT molecular complexity index is 6730. The second-order valence-corrected chi connectivity index (χ2v) is 26.6. The van der Waals surface area contributed by atoms with E-state index >= 15 is 0 Å². The molecule has 8 heteroatoms. The highest BCUT2D eigenvalue weighted by atomic mass is 32.1. The predicted molar refractivity (Wildman–Crippen MR) is 414 cm³/mol. The van der Waals surface area contributed by atoms with Crippen LogP contribution in [0, 0.1) is 0 Å². The van der Waals surface area contributed by atoms with E-state index in [0.29, 0.717) is 29.1 Å². The number of thiophene rings is 2. The summed E-state index contributed by atoms with van der Waals surface area (Å²) in [5, 5.41) is 19.5.